The Morgan fingerprint density at radius 2 is 2.00 bits per heavy atom. The maximum Gasteiger partial charge on any atom is 0.419 e. The van der Waals surface area contributed by atoms with Crippen molar-refractivity contribution in [2.24, 2.45) is 0 Å². The topological polar surface area (TPSA) is 49.4 Å². The van der Waals surface area contributed by atoms with Crippen molar-refractivity contribution in [2.75, 3.05) is 0 Å². The minimum absolute atomic E-state index is 0.375. The van der Waals surface area contributed by atoms with Crippen LogP contribution in [0, 0.1) is 5.82 Å². The average Bonchev–Trinajstić information content (AvgIpc) is 2.29. The van der Waals surface area contributed by atoms with Gasteiger partial charge in [0.1, 0.15) is 11.6 Å². The fourth-order valence-corrected chi connectivity index (χ4v) is 1.20. The molecule has 1 aromatic carbocycles. The third kappa shape index (κ3) is 3.24. The van der Waals surface area contributed by atoms with Crippen LogP contribution in [0.1, 0.15) is 12.5 Å². The summed E-state index contributed by atoms with van der Waals surface area (Å²) in [5.74, 6) is -3.62. The second-order valence-electron chi connectivity index (χ2n) is 3.84. The molecule has 0 amide bonds. The van der Waals surface area contributed by atoms with Gasteiger partial charge in [-0.15, -0.1) is 0 Å². The number of aliphatic carboxylic acids is 1. The zero-order chi connectivity index (χ0) is 14.8. The van der Waals surface area contributed by atoms with Crippen LogP contribution in [-0.4, -0.2) is 11.6 Å². The van der Waals surface area contributed by atoms with Crippen molar-refractivity contribution in [1.29, 1.82) is 0 Å². The Labute approximate surface area is 106 Å². The molecule has 0 aliphatic carbocycles. The van der Waals surface area contributed by atoms with Crippen molar-refractivity contribution in [2.45, 2.75) is 18.7 Å². The Hall–Kier alpha value is -2.05. The second kappa shape index (κ2) is 4.91. The Kier molecular flexibility index (Phi) is 3.88. The quantitative estimate of drug-likeness (QED) is 0.624. The van der Waals surface area contributed by atoms with Gasteiger partial charge in [-0.05, 0) is 31.2 Å². The predicted molar refractivity (Wildman–Crippen MR) is 55.6 cm³/mol. The molecule has 0 saturated carbocycles. The van der Waals surface area contributed by atoms with Gasteiger partial charge in [0.15, 0.2) is 5.60 Å². The number of hydrogen-bond donors (Lipinski definition) is 0. The van der Waals surface area contributed by atoms with Crippen molar-refractivity contribution in [1.82, 2.24) is 0 Å². The van der Waals surface area contributed by atoms with Gasteiger partial charge in [0, 0.05) is 0 Å². The lowest BCUT2D eigenvalue weighted by Crippen LogP contribution is -2.48. The van der Waals surface area contributed by atoms with Crippen LogP contribution in [0.2, 0.25) is 0 Å². The molecule has 0 N–H and O–H groups in total. The van der Waals surface area contributed by atoms with E-state index in [0.717, 1.165) is 19.1 Å². The fraction of sp³-hybridized carbons (Fsp3) is 0.250. The standard InChI is InChI=1S/C12H10F4O3/c1-3-11(2,10(17)18)19-7-4-5-9(13)8(6-7)12(14,15)16/h3-6H,1H2,2H3,(H,17,18)/p-1/t11-/m0/s1. The van der Waals surface area contributed by atoms with Gasteiger partial charge in [0.05, 0.1) is 11.5 Å². The number of rotatable bonds is 4. The average molecular weight is 277 g/mol. The fourth-order valence-electron chi connectivity index (χ4n) is 1.20. The summed E-state index contributed by atoms with van der Waals surface area (Å²) in [6, 6.07) is 1.80. The van der Waals surface area contributed by atoms with Gasteiger partial charge in [0.2, 0.25) is 0 Å². The number of hydrogen-bond acceptors (Lipinski definition) is 3. The maximum atomic E-state index is 13.0. The summed E-state index contributed by atoms with van der Waals surface area (Å²) in [6.07, 6.45) is -4.05. The van der Waals surface area contributed by atoms with Crippen LogP contribution in [0.4, 0.5) is 17.6 Å². The van der Waals surface area contributed by atoms with E-state index in [2.05, 4.69) is 6.58 Å². The molecule has 0 fully saturated rings. The van der Waals surface area contributed by atoms with Crippen molar-refractivity contribution in [3.63, 3.8) is 0 Å². The van der Waals surface area contributed by atoms with Crippen LogP contribution in [0.15, 0.2) is 30.9 Å². The molecule has 1 aromatic rings. The molecule has 0 spiro atoms. The van der Waals surface area contributed by atoms with Crippen LogP contribution >= 0.6 is 0 Å². The number of carboxylic acid groups (broad SMARTS) is 1. The van der Waals surface area contributed by atoms with Gasteiger partial charge in [-0.3, -0.25) is 0 Å². The first kappa shape index (κ1) is 15.0. The second-order valence-corrected chi connectivity index (χ2v) is 3.84. The summed E-state index contributed by atoms with van der Waals surface area (Å²) in [6.45, 7) is 4.24. The van der Waals surface area contributed by atoms with Crippen molar-refractivity contribution in [3.8, 4) is 5.75 Å². The minimum atomic E-state index is -4.91. The van der Waals surface area contributed by atoms with Crippen molar-refractivity contribution >= 4 is 5.97 Å². The van der Waals surface area contributed by atoms with E-state index < -0.39 is 34.9 Å². The summed E-state index contributed by atoms with van der Waals surface area (Å²) in [5.41, 5.74) is -3.56. The molecule has 104 valence electrons. The molecule has 19 heavy (non-hydrogen) atoms. The molecule has 0 bridgehead atoms. The lowest BCUT2D eigenvalue weighted by molar-refractivity contribution is -0.318. The summed E-state index contributed by atoms with van der Waals surface area (Å²) >= 11 is 0. The number of carbonyl (C=O) groups is 1. The molecule has 0 aliphatic rings. The number of carbonyl (C=O) groups excluding carboxylic acids is 1. The van der Waals surface area contributed by atoms with Crippen molar-refractivity contribution < 1.29 is 32.2 Å². The van der Waals surface area contributed by atoms with Gasteiger partial charge in [0.25, 0.3) is 0 Å². The number of ether oxygens (including phenoxy) is 1. The molecular weight excluding hydrogens is 268 g/mol. The third-order valence-corrected chi connectivity index (χ3v) is 2.37. The molecule has 7 heteroatoms. The molecule has 0 radical (unpaired) electrons. The molecule has 1 rings (SSSR count). The van der Waals surface area contributed by atoms with Gasteiger partial charge in [-0.25, -0.2) is 4.39 Å². The monoisotopic (exact) mass is 277 g/mol. The molecule has 0 unspecified atom stereocenters. The predicted octanol–water partition coefficient (Wildman–Crippen LogP) is 1.92. The first-order chi connectivity index (χ1) is 8.60. The van der Waals surface area contributed by atoms with Crippen molar-refractivity contribution in [3.05, 3.63) is 42.2 Å². The van der Waals surface area contributed by atoms with Crippen LogP contribution in [0.25, 0.3) is 0 Å². The summed E-state index contributed by atoms with van der Waals surface area (Å²) in [5, 5.41) is 10.8. The molecule has 0 saturated heterocycles. The molecule has 0 heterocycles. The zero-order valence-corrected chi connectivity index (χ0v) is 9.75. The largest absolute Gasteiger partial charge is 0.545 e. The van der Waals surface area contributed by atoms with Gasteiger partial charge in [-0.1, -0.05) is 6.58 Å². The molecular formula is C12H9F4O3-. The van der Waals surface area contributed by atoms with E-state index in [1.54, 1.807) is 0 Å². The van der Waals surface area contributed by atoms with E-state index >= 15 is 0 Å². The molecule has 1 atom stereocenters. The first-order valence-electron chi connectivity index (χ1n) is 5.01. The molecule has 0 aromatic heterocycles. The lowest BCUT2D eigenvalue weighted by Gasteiger charge is -2.28. The smallest absolute Gasteiger partial charge is 0.419 e. The van der Waals surface area contributed by atoms with Crippen LogP contribution < -0.4 is 9.84 Å². The molecule has 3 nitrogen and oxygen atoms in total. The van der Waals surface area contributed by atoms with Crippen LogP contribution in [-0.2, 0) is 11.0 Å². The summed E-state index contributed by atoms with van der Waals surface area (Å²) in [7, 11) is 0. The normalized spacial score (nSPS) is 14.6. The highest BCUT2D eigenvalue weighted by Gasteiger charge is 2.35. The van der Waals surface area contributed by atoms with Gasteiger partial charge >= 0.3 is 6.18 Å². The highest BCUT2D eigenvalue weighted by Crippen LogP contribution is 2.34. The Balaban J connectivity index is 3.17. The Morgan fingerprint density at radius 3 is 2.42 bits per heavy atom. The summed E-state index contributed by atoms with van der Waals surface area (Å²) < 4.78 is 55.2. The lowest BCUT2D eigenvalue weighted by atomic mass is 10.1. The van der Waals surface area contributed by atoms with E-state index in [9.17, 15) is 27.5 Å². The Morgan fingerprint density at radius 1 is 1.42 bits per heavy atom. The van der Waals surface area contributed by atoms with E-state index in [1.807, 2.05) is 0 Å². The Bertz CT molecular complexity index is 510. The maximum absolute atomic E-state index is 13.0. The van der Waals surface area contributed by atoms with Gasteiger partial charge in [-0.2, -0.15) is 13.2 Å². The zero-order valence-electron chi connectivity index (χ0n) is 9.75. The van der Waals surface area contributed by atoms with Crippen LogP contribution in [0.5, 0.6) is 5.75 Å². The highest BCUT2D eigenvalue weighted by molar-refractivity contribution is 5.77. The highest BCUT2D eigenvalue weighted by atomic mass is 19.4. The van der Waals surface area contributed by atoms with E-state index in [4.69, 9.17) is 4.74 Å². The number of halogens is 4. The SMILES string of the molecule is C=C[C@](C)(Oc1ccc(F)c(C(F)(F)F)c1)C(=O)[O-]. The number of carboxylic acids is 1. The van der Waals surface area contributed by atoms with E-state index in [0.29, 0.717) is 12.1 Å². The van der Waals surface area contributed by atoms with Gasteiger partial charge < -0.3 is 14.6 Å². The first-order valence-corrected chi connectivity index (χ1v) is 5.01. The number of alkyl halides is 3. The number of benzene rings is 1. The minimum Gasteiger partial charge on any atom is -0.545 e. The summed E-state index contributed by atoms with van der Waals surface area (Å²) in [4.78, 5) is 10.8. The molecule has 0 aliphatic heterocycles. The van der Waals surface area contributed by atoms with E-state index in [-0.39, 0.29) is 0 Å². The van der Waals surface area contributed by atoms with Crippen LogP contribution in [0.3, 0.4) is 0 Å². The van der Waals surface area contributed by atoms with E-state index in [1.165, 1.54) is 0 Å². The third-order valence-electron chi connectivity index (χ3n) is 2.37.